The van der Waals surface area contributed by atoms with E-state index in [-0.39, 0.29) is 6.03 Å². The molecule has 6 heteroatoms. The maximum Gasteiger partial charge on any atom is 0.319 e. The van der Waals surface area contributed by atoms with E-state index < -0.39 is 0 Å². The zero-order chi connectivity index (χ0) is 21.6. The zero-order valence-electron chi connectivity index (χ0n) is 17.6. The molecule has 0 spiro atoms. The van der Waals surface area contributed by atoms with Gasteiger partial charge in [0.05, 0.1) is 16.8 Å². The van der Waals surface area contributed by atoms with Crippen LogP contribution in [-0.2, 0) is 0 Å². The van der Waals surface area contributed by atoms with Crippen molar-refractivity contribution in [1.82, 2.24) is 10.3 Å². The molecule has 2 N–H and O–H groups in total. The molecule has 0 radical (unpaired) electrons. The Morgan fingerprint density at radius 2 is 1.84 bits per heavy atom. The molecule has 3 aromatic carbocycles. The third kappa shape index (κ3) is 5.41. The van der Waals surface area contributed by atoms with E-state index in [4.69, 9.17) is 9.72 Å². The highest BCUT2D eigenvalue weighted by Gasteiger charge is 2.07. The van der Waals surface area contributed by atoms with E-state index >= 15 is 0 Å². The lowest BCUT2D eigenvalue weighted by atomic mass is 10.2. The van der Waals surface area contributed by atoms with Crippen molar-refractivity contribution >= 4 is 33.3 Å². The van der Waals surface area contributed by atoms with Gasteiger partial charge in [0.25, 0.3) is 0 Å². The SMILES string of the molecule is Cc1ccc2nc(-c3ccc(NC(=O)NCCCOc4ccccc4C)cc3)sc2c1. The number of benzene rings is 3. The summed E-state index contributed by atoms with van der Waals surface area (Å²) in [4.78, 5) is 16.8. The molecule has 1 heterocycles. The normalized spacial score (nSPS) is 10.8. The Morgan fingerprint density at radius 1 is 1.03 bits per heavy atom. The molecule has 0 unspecified atom stereocenters. The van der Waals surface area contributed by atoms with Gasteiger partial charge >= 0.3 is 6.03 Å². The summed E-state index contributed by atoms with van der Waals surface area (Å²) in [6.45, 7) is 5.20. The number of ether oxygens (including phenoxy) is 1. The first-order chi connectivity index (χ1) is 15.1. The first kappa shape index (κ1) is 20.9. The maximum absolute atomic E-state index is 12.1. The van der Waals surface area contributed by atoms with Gasteiger partial charge < -0.3 is 15.4 Å². The molecule has 31 heavy (non-hydrogen) atoms. The topological polar surface area (TPSA) is 63.2 Å². The summed E-state index contributed by atoms with van der Waals surface area (Å²) in [5.74, 6) is 0.885. The summed E-state index contributed by atoms with van der Waals surface area (Å²) in [5, 5.41) is 6.70. The van der Waals surface area contributed by atoms with Gasteiger partial charge in [-0.2, -0.15) is 0 Å². The van der Waals surface area contributed by atoms with Crippen LogP contribution in [0.2, 0.25) is 0 Å². The molecular formula is C25H25N3O2S. The second kappa shape index (κ2) is 9.62. The Morgan fingerprint density at radius 3 is 2.65 bits per heavy atom. The fourth-order valence-electron chi connectivity index (χ4n) is 3.20. The molecule has 4 aromatic rings. The van der Waals surface area contributed by atoms with Gasteiger partial charge in [-0.1, -0.05) is 24.3 Å². The summed E-state index contributed by atoms with van der Waals surface area (Å²) in [6.07, 6.45) is 0.734. The zero-order valence-corrected chi connectivity index (χ0v) is 18.5. The van der Waals surface area contributed by atoms with Crippen LogP contribution < -0.4 is 15.4 Å². The number of aromatic nitrogens is 1. The van der Waals surface area contributed by atoms with Crippen LogP contribution in [0.5, 0.6) is 5.75 Å². The monoisotopic (exact) mass is 431 g/mol. The van der Waals surface area contributed by atoms with Crippen LogP contribution in [-0.4, -0.2) is 24.2 Å². The Kier molecular flexibility index (Phi) is 6.48. The molecule has 0 aliphatic heterocycles. The van der Waals surface area contributed by atoms with E-state index in [0.29, 0.717) is 13.2 Å². The maximum atomic E-state index is 12.1. The Hall–Kier alpha value is -3.38. The lowest BCUT2D eigenvalue weighted by Gasteiger charge is -2.10. The summed E-state index contributed by atoms with van der Waals surface area (Å²) >= 11 is 1.68. The van der Waals surface area contributed by atoms with Crippen molar-refractivity contribution in [3.8, 4) is 16.3 Å². The van der Waals surface area contributed by atoms with E-state index in [0.717, 1.165) is 39.5 Å². The third-order valence-electron chi connectivity index (χ3n) is 4.89. The molecule has 0 bridgehead atoms. The molecule has 158 valence electrons. The second-order valence-corrected chi connectivity index (χ2v) is 8.45. The highest BCUT2D eigenvalue weighted by atomic mass is 32.1. The number of hydrogen-bond acceptors (Lipinski definition) is 4. The number of nitrogens with one attached hydrogen (secondary N) is 2. The quantitative estimate of drug-likeness (QED) is 0.344. The van der Waals surface area contributed by atoms with Crippen molar-refractivity contribution in [2.75, 3.05) is 18.5 Å². The molecule has 0 aliphatic rings. The summed E-state index contributed by atoms with van der Waals surface area (Å²) in [6, 6.07) is 21.7. The van der Waals surface area contributed by atoms with Crippen molar-refractivity contribution in [1.29, 1.82) is 0 Å². The largest absolute Gasteiger partial charge is 0.493 e. The van der Waals surface area contributed by atoms with Crippen LogP contribution >= 0.6 is 11.3 Å². The van der Waals surface area contributed by atoms with Crippen LogP contribution in [0.1, 0.15) is 17.5 Å². The molecule has 0 saturated carbocycles. The first-order valence-electron chi connectivity index (χ1n) is 10.3. The Labute approximate surface area is 186 Å². The number of nitrogens with zero attached hydrogens (tertiary/aromatic N) is 1. The first-order valence-corrected chi connectivity index (χ1v) is 11.1. The number of fused-ring (bicyclic) bond motifs is 1. The molecule has 2 amide bonds. The minimum Gasteiger partial charge on any atom is -0.493 e. The number of urea groups is 1. The number of rotatable bonds is 7. The average Bonchev–Trinajstić information content (AvgIpc) is 3.18. The lowest BCUT2D eigenvalue weighted by molar-refractivity contribution is 0.250. The molecule has 5 nitrogen and oxygen atoms in total. The average molecular weight is 432 g/mol. The third-order valence-corrected chi connectivity index (χ3v) is 5.96. The van der Waals surface area contributed by atoms with Crippen molar-refractivity contribution in [3.05, 3.63) is 77.9 Å². The predicted octanol–water partition coefficient (Wildman–Crippen LogP) is 6.17. The fourth-order valence-corrected chi connectivity index (χ4v) is 4.27. The molecule has 0 fully saturated rings. The van der Waals surface area contributed by atoms with E-state index in [2.05, 4.69) is 35.8 Å². The van der Waals surface area contributed by atoms with E-state index in [1.54, 1.807) is 11.3 Å². The molecule has 0 saturated heterocycles. The van der Waals surface area contributed by atoms with Crippen LogP contribution in [0.3, 0.4) is 0 Å². The number of para-hydroxylation sites is 1. The number of carbonyl (C=O) groups excluding carboxylic acids is 1. The van der Waals surface area contributed by atoms with E-state index in [1.807, 2.05) is 55.5 Å². The summed E-state index contributed by atoms with van der Waals surface area (Å²) < 4.78 is 6.93. The van der Waals surface area contributed by atoms with Crippen LogP contribution in [0, 0.1) is 13.8 Å². The van der Waals surface area contributed by atoms with Crippen LogP contribution in [0.4, 0.5) is 10.5 Å². The van der Waals surface area contributed by atoms with Gasteiger partial charge in [-0.25, -0.2) is 9.78 Å². The summed E-state index contributed by atoms with van der Waals surface area (Å²) in [7, 11) is 0. The lowest BCUT2D eigenvalue weighted by Crippen LogP contribution is -2.30. The van der Waals surface area contributed by atoms with Crippen molar-refractivity contribution < 1.29 is 9.53 Å². The van der Waals surface area contributed by atoms with Gasteiger partial charge in [-0.3, -0.25) is 0 Å². The van der Waals surface area contributed by atoms with Gasteiger partial charge in [-0.05, 0) is 73.9 Å². The van der Waals surface area contributed by atoms with Gasteiger partial charge in [0.2, 0.25) is 0 Å². The summed E-state index contributed by atoms with van der Waals surface area (Å²) in [5.41, 5.74) is 5.14. The van der Waals surface area contributed by atoms with Crippen LogP contribution in [0.15, 0.2) is 66.7 Å². The number of aryl methyl sites for hydroxylation is 2. The van der Waals surface area contributed by atoms with E-state index in [1.165, 1.54) is 10.3 Å². The number of carbonyl (C=O) groups is 1. The minimum atomic E-state index is -0.223. The molecule has 1 aromatic heterocycles. The predicted molar refractivity (Wildman–Crippen MR) is 128 cm³/mol. The van der Waals surface area contributed by atoms with Gasteiger partial charge in [0.15, 0.2) is 0 Å². The van der Waals surface area contributed by atoms with Crippen molar-refractivity contribution in [3.63, 3.8) is 0 Å². The second-order valence-electron chi connectivity index (χ2n) is 7.42. The molecule has 4 rings (SSSR count). The van der Waals surface area contributed by atoms with Crippen molar-refractivity contribution in [2.24, 2.45) is 0 Å². The van der Waals surface area contributed by atoms with Gasteiger partial charge in [0.1, 0.15) is 10.8 Å². The highest BCUT2D eigenvalue weighted by Crippen LogP contribution is 2.31. The van der Waals surface area contributed by atoms with E-state index in [9.17, 15) is 4.79 Å². The number of hydrogen-bond donors (Lipinski definition) is 2. The minimum absolute atomic E-state index is 0.223. The Bertz CT molecular complexity index is 1190. The standard InChI is InChI=1S/C25H25N3O2S/c1-17-8-13-21-23(16-17)31-24(28-21)19-9-11-20(12-10-19)27-25(29)26-14-5-15-30-22-7-4-3-6-18(22)2/h3-4,6-13,16H,5,14-15H2,1-2H3,(H2,26,27,29). The molecule has 0 atom stereocenters. The highest BCUT2D eigenvalue weighted by molar-refractivity contribution is 7.21. The van der Waals surface area contributed by atoms with Crippen molar-refractivity contribution in [2.45, 2.75) is 20.3 Å². The van der Waals surface area contributed by atoms with Gasteiger partial charge in [-0.15, -0.1) is 11.3 Å². The van der Waals surface area contributed by atoms with Crippen LogP contribution in [0.25, 0.3) is 20.8 Å². The Balaban J connectivity index is 1.24. The smallest absolute Gasteiger partial charge is 0.319 e. The fraction of sp³-hybridized carbons (Fsp3) is 0.200. The number of amides is 2. The molecular weight excluding hydrogens is 406 g/mol. The van der Waals surface area contributed by atoms with Gasteiger partial charge in [0, 0.05) is 17.8 Å². The number of anilines is 1. The molecule has 0 aliphatic carbocycles. The number of thiazole rings is 1.